The van der Waals surface area contributed by atoms with Crippen molar-refractivity contribution in [3.8, 4) is 0 Å². The van der Waals surface area contributed by atoms with Crippen molar-refractivity contribution in [3.63, 3.8) is 0 Å². The number of benzene rings is 1. The van der Waals surface area contributed by atoms with E-state index in [0.717, 1.165) is 24.3 Å². The lowest BCUT2D eigenvalue weighted by atomic mass is 10.2. The lowest BCUT2D eigenvalue weighted by Crippen LogP contribution is -2.34. The van der Waals surface area contributed by atoms with Crippen LogP contribution in [0.1, 0.15) is 18.4 Å². The Bertz CT molecular complexity index is 461. The van der Waals surface area contributed by atoms with E-state index in [9.17, 15) is 4.79 Å². The Kier molecular flexibility index (Phi) is 5.18. The molecule has 1 aliphatic heterocycles. The summed E-state index contributed by atoms with van der Waals surface area (Å²) in [5.41, 5.74) is 7.35. The first-order chi connectivity index (χ1) is 9.65. The Hall–Kier alpha value is -1.81. The largest absolute Gasteiger partial charge is 0.399 e. The highest BCUT2D eigenvalue weighted by molar-refractivity contribution is 5.91. The zero-order chi connectivity index (χ0) is 14.4. The first-order valence-corrected chi connectivity index (χ1v) is 7.16. The van der Waals surface area contributed by atoms with Gasteiger partial charge in [0.15, 0.2) is 0 Å². The molecular weight excluding hydrogens is 250 g/mol. The average molecular weight is 273 g/mol. The lowest BCUT2D eigenvalue weighted by Gasteiger charge is -2.20. The number of hydrogen-bond acceptors (Lipinski definition) is 3. The normalized spacial score (nSPS) is 15.8. The van der Waals surface area contributed by atoms with Crippen LogP contribution in [0.5, 0.6) is 0 Å². The molecule has 0 aliphatic carbocycles. The summed E-state index contributed by atoms with van der Waals surface area (Å²) in [6.07, 6.45) is 6.02. The molecule has 1 amide bonds. The molecule has 1 aliphatic rings. The Balaban J connectivity index is 1.79. The van der Waals surface area contributed by atoms with Crippen molar-refractivity contribution >= 4 is 17.7 Å². The fourth-order valence-electron chi connectivity index (χ4n) is 2.31. The number of amides is 1. The summed E-state index contributed by atoms with van der Waals surface area (Å²) in [5.74, 6) is 0.0426. The third-order valence-corrected chi connectivity index (χ3v) is 3.68. The van der Waals surface area contributed by atoms with Gasteiger partial charge in [-0.15, -0.1) is 0 Å². The van der Waals surface area contributed by atoms with Gasteiger partial charge in [0.2, 0.25) is 5.91 Å². The monoisotopic (exact) mass is 273 g/mol. The number of nitrogens with two attached hydrogens (primary N) is 1. The number of hydrogen-bond donors (Lipinski definition) is 1. The Morgan fingerprint density at radius 1 is 1.30 bits per heavy atom. The number of nitrogens with zero attached hydrogens (tertiary/aromatic N) is 2. The highest BCUT2D eigenvalue weighted by Crippen LogP contribution is 2.08. The van der Waals surface area contributed by atoms with Gasteiger partial charge in [0.1, 0.15) is 0 Å². The molecule has 0 spiro atoms. The van der Waals surface area contributed by atoms with Gasteiger partial charge in [-0.25, -0.2) is 0 Å². The van der Waals surface area contributed by atoms with Crippen LogP contribution in [0.2, 0.25) is 0 Å². The van der Waals surface area contributed by atoms with Gasteiger partial charge >= 0.3 is 0 Å². The van der Waals surface area contributed by atoms with Gasteiger partial charge in [-0.05, 0) is 49.7 Å². The topological polar surface area (TPSA) is 49.6 Å². The second kappa shape index (κ2) is 7.10. The molecule has 2 N–H and O–H groups in total. The Morgan fingerprint density at radius 2 is 1.95 bits per heavy atom. The van der Waals surface area contributed by atoms with Gasteiger partial charge in [-0.2, -0.15) is 0 Å². The lowest BCUT2D eigenvalue weighted by molar-refractivity contribution is -0.124. The molecule has 1 aromatic rings. The molecule has 1 fully saturated rings. The first kappa shape index (κ1) is 14.6. The second-order valence-corrected chi connectivity index (χ2v) is 5.31. The summed E-state index contributed by atoms with van der Waals surface area (Å²) in [6.45, 7) is 4.09. The summed E-state index contributed by atoms with van der Waals surface area (Å²) < 4.78 is 0. The fourth-order valence-corrected chi connectivity index (χ4v) is 2.31. The third-order valence-electron chi connectivity index (χ3n) is 3.68. The molecule has 0 unspecified atom stereocenters. The number of likely N-dealkylation sites (tertiary alicyclic amines) is 1. The van der Waals surface area contributed by atoms with Gasteiger partial charge in [-0.1, -0.05) is 12.1 Å². The molecule has 2 rings (SSSR count). The number of likely N-dealkylation sites (N-methyl/N-ethyl adjacent to an activating group) is 1. The van der Waals surface area contributed by atoms with Crippen molar-refractivity contribution in [1.29, 1.82) is 0 Å². The third kappa shape index (κ3) is 4.38. The Morgan fingerprint density at radius 3 is 2.60 bits per heavy atom. The minimum atomic E-state index is 0.0426. The molecule has 0 aromatic heterocycles. The van der Waals surface area contributed by atoms with E-state index < -0.39 is 0 Å². The van der Waals surface area contributed by atoms with Crippen LogP contribution in [0.15, 0.2) is 30.3 Å². The van der Waals surface area contributed by atoms with Crippen LogP contribution < -0.4 is 5.73 Å². The second-order valence-electron chi connectivity index (χ2n) is 5.31. The highest BCUT2D eigenvalue weighted by Gasteiger charge is 2.12. The summed E-state index contributed by atoms with van der Waals surface area (Å²) in [7, 11) is 1.85. The molecule has 108 valence electrons. The minimum Gasteiger partial charge on any atom is -0.399 e. The summed E-state index contributed by atoms with van der Waals surface area (Å²) in [5, 5.41) is 0. The number of nitrogen functional groups attached to an aromatic ring is 1. The van der Waals surface area contributed by atoms with Gasteiger partial charge in [0.25, 0.3) is 0 Å². The van der Waals surface area contributed by atoms with Crippen molar-refractivity contribution in [2.75, 3.05) is 39.0 Å². The van der Waals surface area contributed by atoms with E-state index in [2.05, 4.69) is 4.90 Å². The van der Waals surface area contributed by atoms with E-state index in [4.69, 9.17) is 5.73 Å². The van der Waals surface area contributed by atoms with Crippen molar-refractivity contribution in [2.24, 2.45) is 0 Å². The van der Waals surface area contributed by atoms with Crippen LogP contribution in [0.4, 0.5) is 5.69 Å². The molecular formula is C16H23N3O. The maximum Gasteiger partial charge on any atom is 0.246 e. The van der Waals surface area contributed by atoms with Crippen molar-refractivity contribution < 1.29 is 4.79 Å². The molecule has 4 nitrogen and oxygen atoms in total. The highest BCUT2D eigenvalue weighted by atomic mass is 16.2. The smallest absolute Gasteiger partial charge is 0.246 e. The number of rotatable bonds is 5. The van der Waals surface area contributed by atoms with Crippen molar-refractivity contribution in [3.05, 3.63) is 35.9 Å². The summed E-state index contributed by atoms with van der Waals surface area (Å²) in [6, 6.07) is 7.48. The van der Waals surface area contributed by atoms with Crippen LogP contribution in [0, 0.1) is 0 Å². The van der Waals surface area contributed by atoms with Crippen LogP contribution in [-0.2, 0) is 4.79 Å². The van der Waals surface area contributed by atoms with Gasteiger partial charge in [0, 0.05) is 31.9 Å². The molecule has 0 radical (unpaired) electrons. The number of carbonyl (C=O) groups excluding carboxylic acids is 1. The average Bonchev–Trinajstić information content (AvgIpc) is 2.97. The SMILES string of the molecule is CN(CCN1CCCC1)C(=O)/C=C/c1ccc(N)cc1. The number of carbonyl (C=O) groups is 1. The maximum absolute atomic E-state index is 12.0. The van der Waals surface area contributed by atoms with Crippen LogP contribution >= 0.6 is 0 Å². The zero-order valence-electron chi connectivity index (χ0n) is 12.1. The first-order valence-electron chi connectivity index (χ1n) is 7.16. The molecule has 1 saturated heterocycles. The zero-order valence-corrected chi connectivity index (χ0v) is 12.1. The summed E-state index contributed by atoms with van der Waals surface area (Å²) in [4.78, 5) is 16.2. The van der Waals surface area contributed by atoms with Crippen molar-refractivity contribution in [1.82, 2.24) is 9.80 Å². The predicted octanol–water partition coefficient (Wildman–Crippen LogP) is 1.84. The van der Waals surface area contributed by atoms with E-state index >= 15 is 0 Å². The predicted molar refractivity (Wildman–Crippen MR) is 83.2 cm³/mol. The molecule has 1 heterocycles. The van der Waals surface area contributed by atoms with E-state index in [1.165, 1.54) is 25.9 Å². The molecule has 0 bridgehead atoms. The maximum atomic E-state index is 12.0. The quantitative estimate of drug-likeness (QED) is 0.658. The molecule has 1 aromatic carbocycles. The van der Waals surface area contributed by atoms with Gasteiger partial charge < -0.3 is 15.5 Å². The van der Waals surface area contributed by atoms with E-state index in [1.807, 2.05) is 37.4 Å². The van der Waals surface area contributed by atoms with Gasteiger partial charge in [0.05, 0.1) is 0 Å². The Labute approximate surface area is 120 Å². The molecule has 0 atom stereocenters. The molecule has 4 heteroatoms. The summed E-state index contributed by atoms with van der Waals surface area (Å²) >= 11 is 0. The molecule has 0 saturated carbocycles. The van der Waals surface area contributed by atoms with E-state index in [1.54, 1.807) is 11.0 Å². The number of anilines is 1. The van der Waals surface area contributed by atoms with E-state index in [-0.39, 0.29) is 5.91 Å². The van der Waals surface area contributed by atoms with Crippen LogP contribution in [0.3, 0.4) is 0 Å². The van der Waals surface area contributed by atoms with Crippen LogP contribution in [0.25, 0.3) is 6.08 Å². The standard InChI is InChI=1S/C16H23N3O/c1-18(12-13-19-10-2-3-11-19)16(20)9-6-14-4-7-15(17)8-5-14/h4-9H,2-3,10-13,17H2,1H3/b9-6+. The van der Waals surface area contributed by atoms with Gasteiger partial charge in [-0.3, -0.25) is 4.79 Å². The molecule has 20 heavy (non-hydrogen) atoms. The fraction of sp³-hybridized carbons (Fsp3) is 0.438. The van der Waals surface area contributed by atoms with Crippen molar-refractivity contribution in [2.45, 2.75) is 12.8 Å². The minimum absolute atomic E-state index is 0.0426. The van der Waals surface area contributed by atoms with Crippen LogP contribution in [-0.4, -0.2) is 48.9 Å². The van der Waals surface area contributed by atoms with E-state index in [0.29, 0.717) is 0 Å².